The lowest BCUT2D eigenvalue weighted by Gasteiger charge is -2.42. The Hall–Kier alpha value is -2.72. The number of pyridine rings is 1. The average molecular weight is 528 g/mol. The van der Waals surface area contributed by atoms with Crippen molar-refractivity contribution in [3.8, 4) is 5.75 Å². The van der Waals surface area contributed by atoms with Gasteiger partial charge < -0.3 is 34.1 Å². The number of amides is 1. The van der Waals surface area contributed by atoms with Gasteiger partial charge in [-0.1, -0.05) is 6.07 Å². The molecule has 1 saturated carbocycles. The van der Waals surface area contributed by atoms with E-state index in [1.807, 2.05) is 17.0 Å². The first-order chi connectivity index (χ1) is 18.4. The smallest absolute Gasteiger partial charge is 0.250 e. The number of aryl methyl sites for hydroxylation is 2. The molecule has 208 valence electrons. The van der Waals surface area contributed by atoms with Crippen LogP contribution in [0.2, 0.25) is 0 Å². The largest absolute Gasteiger partial charge is 0.491 e. The molecule has 9 nitrogen and oxygen atoms in total. The number of hydrogen-bond donors (Lipinski definition) is 2. The Morgan fingerprint density at radius 3 is 2.61 bits per heavy atom. The molecule has 2 fully saturated rings. The van der Waals surface area contributed by atoms with Gasteiger partial charge in [0.2, 0.25) is 5.91 Å². The zero-order valence-electron chi connectivity index (χ0n) is 22.8. The van der Waals surface area contributed by atoms with Crippen LogP contribution in [-0.4, -0.2) is 73.7 Å². The van der Waals surface area contributed by atoms with E-state index in [2.05, 4.69) is 11.4 Å². The van der Waals surface area contributed by atoms with Crippen molar-refractivity contribution in [1.82, 2.24) is 14.8 Å². The second kappa shape index (κ2) is 12.9. The normalized spacial score (nSPS) is 21.3. The molecule has 38 heavy (non-hydrogen) atoms. The molecule has 1 aromatic heterocycles. The Morgan fingerprint density at radius 2 is 1.89 bits per heavy atom. The fourth-order valence-electron chi connectivity index (χ4n) is 5.20. The average Bonchev–Trinajstić information content (AvgIpc) is 3.74. The van der Waals surface area contributed by atoms with Crippen LogP contribution >= 0.6 is 0 Å². The number of nitrogens with one attached hydrogen (secondary N) is 1. The summed E-state index contributed by atoms with van der Waals surface area (Å²) in [7, 11) is 5.01. The molecule has 1 amide bonds. The van der Waals surface area contributed by atoms with E-state index in [0.29, 0.717) is 51.4 Å². The first-order valence-electron chi connectivity index (χ1n) is 13.5. The fourth-order valence-corrected chi connectivity index (χ4v) is 5.20. The Balaban J connectivity index is 1.59. The Labute approximate surface area is 224 Å². The zero-order valence-corrected chi connectivity index (χ0v) is 22.8. The SMILES string of the molecule is COCCCc1cc(CN(C(=O)[C@H]2CNCC[C@@]2(O)c2ccn(C)c(=O)c2)C2CC2)cc(OCCOC)c1. The number of rotatable bonds is 13. The maximum absolute atomic E-state index is 14.1. The molecule has 0 radical (unpaired) electrons. The van der Waals surface area contributed by atoms with Crippen molar-refractivity contribution in [2.75, 3.05) is 47.1 Å². The van der Waals surface area contributed by atoms with Crippen LogP contribution in [0.5, 0.6) is 5.75 Å². The van der Waals surface area contributed by atoms with E-state index in [1.165, 1.54) is 10.6 Å². The quantitative estimate of drug-likeness (QED) is 0.384. The molecular formula is C29H41N3O6. The third kappa shape index (κ3) is 6.83. The molecule has 1 aromatic carbocycles. The number of ether oxygens (including phenoxy) is 3. The van der Waals surface area contributed by atoms with Crippen LogP contribution in [0, 0.1) is 5.92 Å². The fraction of sp³-hybridized carbons (Fsp3) is 0.586. The summed E-state index contributed by atoms with van der Waals surface area (Å²) in [5.41, 5.74) is 1.02. The van der Waals surface area contributed by atoms with E-state index in [0.717, 1.165) is 42.6 Å². The van der Waals surface area contributed by atoms with Gasteiger partial charge in [0, 0.05) is 59.3 Å². The summed E-state index contributed by atoms with van der Waals surface area (Å²) in [6.07, 6.45) is 5.64. The van der Waals surface area contributed by atoms with E-state index < -0.39 is 11.5 Å². The number of aliphatic hydroxyl groups is 1. The highest BCUT2D eigenvalue weighted by Crippen LogP contribution is 2.39. The Morgan fingerprint density at radius 1 is 1.13 bits per heavy atom. The summed E-state index contributed by atoms with van der Waals surface area (Å²) in [5, 5.41) is 15.1. The number of benzene rings is 1. The third-order valence-electron chi connectivity index (χ3n) is 7.53. The van der Waals surface area contributed by atoms with Gasteiger partial charge in [-0.25, -0.2) is 0 Å². The van der Waals surface area contributed by atoms with Gasteiger partial charge in [0.25, 0.3) is 5.56 Å². The predicted molar refractivity (Wildman–Crippen MR) is 144 cm³/mol. The lowest BCUT2D eigenvalue weighted by atomic mass is 9.76. The number of aromatic nitrogens is 1. The highest BCUT2D eigenvalue weighted by atomic mass is 16.5. The first-order valence-corrected chi connectivity index (χ1v) is 13.5. The maximum Gasteiger partial charge on any atom is 0.250 e. The van der Waals surface area contributed by atoms with Crippen molar-refractivity contribution in [3.05, 3.63) is 63.6 Å². The number of methoxy groups -OCH3 is 2. The number of nitrogens with zero attached hydrogens (tertiary/aromatic N) is 2. The summed E-state index contributed by atoms with van der Waals surface area (Å²) in [6.45, 7) is 2.98. The van der Waals surface area contributed by atoms with Gasteiger partial charge in [0.15, 0.2) is 0 Å². The first kappa shape index (κ1) is 28.3. The van der Waals surface area contributed by atoms with E-state index in [9.17, 15) is 14.7 Å². The second-order valence-corrected chi connectivity index (χ2v) is 10.4. The molecule has 1 aliphatic heterocycles. The second-order valence-electron chi connectivity index (χ2n) is 10.4. The highest BCUT2D eigenvalue weighted by molar-refractivity contribution is 5.81. The van der Waals surface area contributed by atoms with E-state index >= 15 is 0 Å². The van der Waals surface area contributed by atoms with Crippen molar-refractivity contribution in [3.63, 3.8) is 0 Å². The van der Waals surface area contributed by atoms with Crippen LogP contribution in [0.1, 0.15) is 42.4 Å². The Bertz CT molecular complexity index is 1120. The Kier molecular flexibility index (Phi) is 9.59. The van der Waals surface area contributed by atoms with Crippen molar-refractivity contribution in [2.45, 2.75) is 50.3 Å². The minimum atomic E-state index is -1.40. The monoisotopic (exact) mass is 527 g/mol. The maximum atomic E-state index is 14.1. The van der Waals surface area contributed by atoms with Crippen LogP contribution in [0.25, 0.3) is 0 Å². The number of carbonyl (C=O) groups is 1. The van der Waals surface area contributed by atoms with Gasteiger partial charge in [-0.15, -0.1) is 0 Å². The van der Waals surface area contributed by atoms with E-state index in [1.54, 1.807) is 33.5 Å². The minimum Gasteiger partial charge on any atom is -0.491 e. The standard InChI is InChI=1S/C29H41N3O6/c1-31-11-8-23(18-27(31)33)29(35)9-10-30-19-26(29)28(34)32(24-6-7-24)20-22-15-21(5-4-12-36-2)16-25(17-22)38-14-13-37-3/h8,11,15-18,24,26,30,35H,4-7,9-10,12-14,19-20H2,1-3H3/t26-,29-/m1/s1. The van der Waals surface area contributed by atoms with Gasteiger partial charge >= 0.3 is 0 Å². The van der Waals surface area contributed by atoms with E-state index in [-0.39, 0.29) is 17.5 Å². The summed E-state index contributed by atoms with van der Waals surface area (Å²) in [5.74, 6) is -0.0214. The summed E-state index contributed by atoms with van der Waals surface area (Å²) in [6, 6.07) is 9.52. The number of hydrogen-bond acceptors (Lipinski definition) is 7. The topological polar surface area (TPSA) is 102 Å². The third-order valence-corrected chi connectivity index (χ3v) is 7.53. The molecule has 1 saturated heterocycles. The lowest BCUT2D eigenvalue weighted by Crippen LogP contribution is -2.55. The minimum absolute atomic E-state index is 0.0884. The summed E-state index contributed by atoms with van der Waals surface area (Å²) >= 11 is 0. The predicted octanol–water partition coefficient (Wildman–Crippen LogP) is 1.98. The molecule has 2 aliphatic rings. The van der Waals surface area contributed by atoms with Crippen molar-refractivity contribution < 1.29 is 24.1 Å². The molecule has 2 atom stereocenters. The molecular weight excluding hydrogens is 486 g/mol. The molecule has 0 spiro atoms. The molecule has 1 aliphatic carbocycles. The molecule has 0 unspecified atom stereocenters. The number of piperidine rings is 1. The molecule has 2 heterocycles. The van der Waals surface area contributed by atoms with Gasteiger partial charge in [-0.3, -0.25) is 9.59 Å². The van der Waals surface area contributed by atoms with Gasteiger partial charge in [-0.05, 0) is 73.5 Å². The van der Waals surface area contributed by atoms with Gasteiger partial charge in [0.1, 0.15) is 18.0 Å². The zero-order chi connectivity index (χ0) is 27.1. The van der Waals surface area contributed by atoms with E-state index in [4.69, 9.17) is 14.2 Å². The molecule has 0 bridgehead atoms. The van der Waals surface area contributed by atoms with Crippen molar-refractivity contribution in [2.24, 2.45) is 13.0 Å². The van der Waals surface area contributed by atoms with Crippen LogP contribution in [0.3, 0.4) is 0 Å². The molecule has 4 rings (SSSR count). The molecule has 2 aromatic rings. The number of carbonyl (C=O) groups excluding carboxylic acids is 1. The van der Waals surface area contributed by atoms with Crippen molar-refractivity contribution >= 4 is 5.91 Å². The molecule has 2 N–H and O–H groups in total. The van der Waals surface area contributed by atoms with Crippen LogP contribution in [0.4, 0.5) is 0 Å². The lowest BCUT2D eigenvalue weighted by molar-refractivity contribution is -0.150. The van der Waals surface area contributed by atoms with Crippen LogP contribution in [-0.2, 0) is 39.9 Å². The van der Waals surface area contributed by atoms with Gasteiger partial charge in [0.05, 0.1) is 12.5 Å². The molecule has 9 heteroatoms. The van der Waals surface area contributed by atoms with Crippen molar-refractivity contribution in [1.29, 1.82) is 0 Å². The highest BCUT2D eigenvalue weighted by Gasteiger charge is 2.48. The van der Waals surface area contributed by atoms with Crippen LogP contribution in [0.15, 0.2) is 41.3 Å². The summed E-state index contributed by atoms with van der Waals surface area (Å²) in [4.78, 5) is 28.4. The van der Waals surface area contributed by atoms with Crippen LogP contribution < -0.4 is 15.6 Å². The van der Waals surface area contributed by atoms with Gasteiger partial charge in [-0.2, -0.15) is 0 Å². The summed E-state index contributed by atoms with van der Waals surface area (Å²) < 4.78 is 17.8.